The maximum atomic E-state index is 11.4. The third-order valence-corrected chi connectivity index (χ3v) is 2.46. The number of benzene rings is 1. The highest BCUT2D eigenvalue weighted by Gasteiger charge is 2.31. The molecule has 1 saturated carbocycles. The van der Waals surface area contributed by atoms with Gasteiger partial charge in [0.05, 0.1) is 5.92 Å². The Morgan fingerprint density at radius 1 is 1.47 bits per heavy atom. The van der Waals surface area contributed by atoms with Crippen molar-refractivity contribution >= 4 is 5.97 Å². The summed E-state index contributed by atoms with van der Waals surface area (Å²) in [5.41, 5.74) is 6.57. The van der Waals surface area contributed by atoms with Crippen molar-refractivity contribution in [3.63, 3.8) is 0 Å². The molecule has 0 aromatic heterocycles. The smallest absolute Gasteiger partial charge is 0.314 e. The molecule has 0 bridgehead atoms. The summed E-state index contributed by atoms with van der Waals surface area (Å²) < 4.78 is 5.25. The fourth-order valence-corrected chi connectivity index (χ4v) is 1.45. The average molecular weight is 205 g/mol. The number of carbonyl (C=O) groups is 1. The first kappa shape index (κ1) is 10.2. The monoisotopic (exact) mass is 205 g/mol. The van der Waals surface area contributed by atoms with E-state index in [-0.39, 0.29) is 11.9 Å². The van der Waals surface area contributed by atoms with Gasteiger partial charge in [-0.15, -0.1) is 0 Å². The summed E-state index contributed by atoms with van der Waals surface area (Å²) in [6, 6.07) is 7.56. The molecule has 1 aliphatic carbocycles. The van der Waals surface area contributed by atoms with Gasteiger partial charge in [0.2, 0.25) is 0 Å². The molecule has 80 valence electrons. The third kappa shape index (κ3) is 2.80. The van der Waals surface area contributed by atoms with Crippen LogP contribution < -0.4 is 10.5 Å². The van der Waals surface area contributed by atoms with E-state index in [0.29, 0.717) is 12.3 Å². The molecule has 0 amide bonds. The second-order valence-corrected chi connectivity index (χ2v) is 3.88. The molecule has 1 fully saturated rings. The number of hydrogen-bond donors (Lipinski definition) is 1. The molecule has 1 aromatic rings. The normalized spacial score (nSPS) is 15.0. The molecule has 3 nitrogen and oxygen atoms in total. The molecule has 0 heterocycles. The molecule has 1 aromatic carbocycles. The highest BCUT2D eigenvalue weighted by atomic mass is 16.5. The van der Waals surface area contributed by atoms with Gasteiger partial charge >= 0.3 is 5.97 Å². The van der Waals surface area contributed by atoms with E-state index in [1.165, 1.54) is 0 Å². The van der Waals surface area contributed by atoms with Gasteiger partial charge in [-0.2, -0.15) is 0 Å². The first-order chi connectivity index (χ1) is 7.29. The minimum Gasteiger partial charge on any atom is -0.426 e. The van der Waals surface area contributed by atoms with Crippen LogP contribution in [-0.4, -0.2) is 12.5 Å². The Labute approximate surface area is 89.2 Å². The molecule has 0 spiro atoms. The molecule has 3 heteroatoms. The molecule has 0 atom stereocenters. The van der Waals surface area contributed by atoms with Crippen molar-refractivity contribution in [3.8, 4) is 5.75 Å². The summed E-state index contributed by atoms with van der Waals surface area (Å²) in [6.45, 7) is 0.611. The second-order valence-electron chi connectivity index (χ2n) is 3.88. The lowest BCUT2D eigenvalue weighted by atomic mass is 10.1. The summed E-state index contributed by atoms with van der Waals surface area (Å²) in [5, 5.41) is 0. The Balaban J connectivity index is 2.00. The third-order valence-electron chi connectivity index (χ3n) is 2.46. The highest BCUT2D eigenvalue weighted by molar-refractivity contribution is 5.77. The fraction of sp³-hybridized carbons (Fsp3) is 0.417. The number of carbonyl (C=O) groups excluding carboxylic acids is 1. The van der Waals surface area contributed by atoms with Gasteiger partial charge in [-0.25, -0.2) is 0 Å². The van der Waals surface area contributed by atoms with E-state index in [2.05, 4.69) is 0 Å². The van der Waals surface area contributed by atoms with E-state index < -0.39 is 0 Å². The quantitative estimate of drug-likeness (QED) is 0.598. The number of esters is 1. The number of ether oxygens (including phenoxy) is 1. The van der Waals surface area contributed by atoms with Gasteiger partial charge in [-0.1, -0.05) is 12.1 Å². The molecule has 2 N–H and O–H groups in total. The maximum absolute atomic E-state index is 11.4. The van der Waals surface area contributed by atoms with Crippen molar-refractivity contribution in [3.05, 3.63) is 29.8 Å². The molecule has 0 aliphatic heterocycles. The molecule has 1 aliphatic rings. The van der Waals surface area contributed by atoms with Crippen molar-refractivity contribution in [1.82, 2.24) is 0 Å². The van der Waals surface area contributed by atoms with E-state index in [9.17, 15) is 4.79 Å². The van der Waals surface area contributed by atoms with Crippen LogP contribution in [0.4, 0.5) is 0 Å². The van der Waals surface area contributed by atoms with Crippen LogP contribution in [0.2, 0.25) is 0 Å². The standard InChI is InChI=1S/C12H15NO2/c13-7-6-9-2-1-3-11(8-9)15-12(14)10-4-5-10/h1-3,8,10H,4-7,13H2. The van der Waals surface area contributed by atoms with Crippen molar-refractivity contribution in [2.75, 3.05) is 6.54 Å². The van der Waals surface area contributed by atoms with E-state index in [4.69, 9.17) is 10.5 Å². The number of rotatable bonds is 4. The number of hydrogen-bond acceptors (Lipinski definition) is 3. The van der Waals surface area contributed by atoms with Crippen LogP contribution in [0.25, 0.3) is 0 Å². The van der Waals surface area contributed by atoms with Gasteiger partial charge in [0.1, 0.15) is 5.75 Å². The zero-order chi connectivity index (χ0) is 10.7. The van der Waals surface area contributed by atoms with Gasteiger partial charge in [-0.05, 0) is 43.5 Å². The lowest BCUT2D eigenvalue weighted by Gasteiger charge is -2.05. The van der Waals surface area contributed by atoms with Crippen LogP contribution in [0.3, 0.4) is 0 Å². The first-order valence-electron chi connectivity index (χ1n) is 5.30. The minimum absolute atomic E-state index is 0.0973. The lowest BCUT2D eigenvalue weighted by molar-refractivity contribution is -0.135. The predicted octanol–water partition coefficient (Wildman–Crippen LogP) is 1.50. The lowest BCUT2D eigenvalue weighted by Crippen LogP contribution is -2.10. The van der Waals surface area contributed by atoms with Gasteiger partial charge in [-0.3, -0.25) is 4.79 Å². The van der Waals surface area contributed by atoms with Crippen molar-refractivity contribution in [2.45, 2.75) is 19.3 Å². The Morgan fingerprint density at radius 3 is 2.93 bits per heavy atom. The van der Waals surface area contributed by atoms with Gasteiger partial charge < -0.3 is 10.5 Å². The SMILES string of the molecule is NCCc1cccc(OC(=O)C2CC2)c1. The largest absolute Gasteiger partial charge is 0.426 e. The van der Waals surface area contributed by atoms with Crippen molar-refractivity contribution in [2.24, 2.45) is 11.7 Å². The van der Waals surface area contributed by atoms with Crippen molar-refractivity contribution in [1.29, 1.82) is 0 Å². The average Bonchev–Trinajstić information content (AvgIpc) is 3.01. The van der Waals surface area contributed by atoms with Crippen molar-refractivity contribution < 1.29 is 9.53 Å². The highest BCUT2D eigenvalue weighted by Crippen LogP contribution is 2.30. The van der Waals surface area contributed by atoms with E-state index in [1.54, 1.807) is 6.07 Å². The molecule has 15 heavy (non-hydrogen) atoms. The molecular formula is C12H15NO2. The first-order valence-corrected chi connectivity index (χ1v) is 5.30. The van der Waals surface area contributed by atoms with E-state index in [1.807, 2.05) is 18.2 Å². The van der Waals surface area contributed by atoms with Gasteiger partial charge in [0.25, 0.3) is 0 Å². The summed E-state index contributed by atoms with van der Waals surface area (Å²) in [5.74, 6) is 0.681. The second kappa shape index (κ2) is 4.45. The van der Waals surface area contributed by atoms with Gasteiger partial charge in [0, 0.05) is 0 Å². The fourth-order valence-electron chi connectivity index (χ4n) is 1.45. The Kier molecular flexibility index (Phi) is 3.02. The van der Waals surface area contributed by atoms with E-state index in [0.717, 1.165) is 24.8 Å². The van der Waals surface area contributed by atoms with Crippen LogP contribution >= 0.6 is 0 Å². The topological polar surface area (TPSA) is 52.3 Å². The summed E-state index contributed by atoms with van der Waals surface area (Å²) in [7, 11) is 0. The Bertz CT molecular complexity index is 358. The summed E-state index contributed by atoms with van der Waals surface area (Å²) in [6.07, 6.45) is 2.76. The van der Waals surface area contributed by atoms with Crippen LogP contribution in [0.5, 0.6) is 5.75 Å². The van der Waals surface area contributed by atoms with E-state index >= 15 is 0 Å². The van der Waals surface area contributed by atoms with Crippen LogP contribution in [-0.2, 0) is 11.2 Å². The molecule has 0 unspecified atom stereocenters. The Morgan fingerprint density at radius 2 is 2.27 bits per heavy atom. The predicted molar refractivity (Wildman–Crippen MR) is 57.6 cm³/mol. The minimum atomic E-state index is -0.0973. The van der Waals surface area contributed by atoms with Crippen LogP contribution in [0.1, 0.15) is 18.4 Å². The summed E-state index contributed by atoms with van der Waals surface area (Å²) in [4.78, 5) is 11.4. The number of nitrogens with two attached hydrogens (primary N) is 1. The summed E-state index contributed by atoms with van der Waals surface area (Å²) >= 11 is 0. The maximum Gasteiger partial charge on any atom is 0.314 e. The Hall–Kier alpha value is -1.35. The zero-order valence-corrected chi connectivity index (χ0v) is 8.61. The van der Waals surface area contributed by atoms with Crippen LogP contribution in [0.15, 0.2) is 24.3 Å². The molecular weight excluding hydrogens is 190 g/mol. The molecule has 0 saturated heterocycles. The molecule has 2 rings (SSSR count). The zero-order valence-electron chi connectivity index (χ0n) is 8.61. The molecule has 0 radical (unpaired) electrons. The van der Waals surface area contributed by atoms with Crippen LogP contribution in [0, 0.1) is 5.92 Å². The van der Waals surface area contributed by atoms with Gasteiger partial charge in [0.15, 0.2) is 0 Å².